The van der Waals surface area contributed by atoms with E-state index < -0.39 is 17.8 Å². The normalized spacial score (nSPS) is 18.4. The number of rotatable bonds is 8. The summed E-state index contributed by atoms with van der Waals surface area (Å²) >= 11 is 0. The largest absolute Gasteiger partial charge is 0.496 e. The topological polar surface area (TPSA) is 117 Å². The van der Waals surface area contributed by atoms with Crippen molar-refractivity contribution in [3.63, 3.8) is 0 Å². The van der Waals surface area contributed by atoms with Gasteiger partial charge in [-0.1, -0.05) is 6.07 Å². The lowest BCUT2D eigenvalue weighted by Crippen LogP contribution is -2.56. The molecule has 1 saturated heterocycles. The van der Waals surface area contributed by atoms with E-state index in [0.29, 0.717) is 0 Å². The zero-order valence-electron chi connectivity index (χ0n) is 21.0. The zero-order chi connectivity index (χ0) is 26.2. The van der Waals surface area contributed by atoms with Gasteiger partial charge < -0.3 is 24.9 Å². The van der Waals surface area contributed by atoms with Crippen LogP contribution in [0.2, 0.25) is 0 Å². The minimum absolute atomic E-state index is 0.147. The highest BCUT2D eigenvalue weighted by atomic mass is 19.2. The monoisotopic (exact) mass is 510 g/mol. The van der Waals surface area contributed by atoms with Crippen molar-refractivity contribution in [1.82, 2.24) is 14.9 Å². The molecule has 0 atom stereocenters. The number of hydrogen-bond donors (Lipinski definition) is 3. The number of carboxylic acid groups (broad SMARTS) is 1. The van der Waals surface area contributed by atoms with Crippen LogP contribution < -0.4 is 10.1 Å². The number of aromatic carboxylic acids is 1. The summed E-state index contributed by atoms with van der Waals surface area (Å²) in [6, 6.07) is 8.53. The molecule has 2 aliphatic rings. The Bertz CT molecular complexity index is 1320. The van der Waals surface area contributed by atoms with Crippen LogP contribution in [-0.4, -0.2) is 64.5 Å². The number of esters is 1. The molecule has 0 unspecified atom stereocenters. The maximum Gasteiger partial charge on any atom is 0.354 e. The second-order valence-electron chi connectivity index (χ2n) is 10.2. The number of piperidine rings is 1. The third-order valence-electron chi connectivity index (χ3n) is 7.59. The first kappa shape index (κ1) is 25.0. The number of nitrogens with one attached hydrogen (secondary N) is 2. The van der Waals surface area contributed by atoms with E-state index >= 15 is 4.39 Å². The number of pyridine rings is 1. The van der Waals surface area contributed by atoms with E-state index in [9.17, 15) is 9.59 Å². The number of methoxy groups -OCH3 is 1. The molecule has 2 aromatic heterocycles. The minimum atomic E-state index is -1.96. The summed E-state index contributed by atoms with van der Waals surface area (Å²) in [6.07, 6.45) is 4.02. The first-order valence-corrected chi connectivity index (χ1v) is 12.4. The van der Waals surface area contributed by atoms with Crippen LogP contribution in [0.5, 0.6) is 5.75 Å². The van der Waals surface area contributed by atoms with Crippen molar-refractivity contribution in [2.24, 2.45) is 5.41 Å². The molecule has 1 aliphatic carbocycles. The number of benzene rings is 1. The fraction of sp³-hybridized carbons (Fsp3) is 0.444. The van der Waals surface area contributed by atoms with Crippen LogP contribution in [0.3, 0.4) is 0 Å². The molecule has 1 aliphatic heterocycles. The maximum atomic E-state index is 15.2. The quantitative estimate of drug-likeness (QED) is 0.385. The predicted molar refractivity (Wildman–Crippen MR) is 135 cm³/mol. The van der Waals surface area contributed by atoms with E-state index in [-0.39, 0.29) is 36.3 Å². The highest BCUT2D eigenvalue weighted by Crippen LogP contribution is 2.57. The number of carboxylic acids is 1. The molecule has 0 amide bonds. The first-order chi connectivity index (χ1) is 17.7. The fourth-order valence-electron chi connectivity index (χ4n) is 5.74. The van der Waals surface area contributed by atoms with Gasteiger partial charge in [-0.15, -0.1) is 0 Å². The summed E-state index contributed by atoms with van der Waals surface area (Å²) in [5, 5.41) is 12.9. The van der Waals surface area contributed by atoms with Gasteiger partial charge in [0.05, 0.1) is 7.11 Å². The number of likely N-dealkylation sites (tertiary alicyclic amines) is 1. The third-order valence-corrected chi connectivity index (χ3v) is 7.59. The number of H-pyrrole nitrogens is 1. The van der Waals surface area contributed by atoms with Gasteiger partial charge >= 0.3 is 11.9 Å². The Morgan fingerprint density at radius 1 is 1.24 bits per heavy atom. The molecule has 2 fully saturated rings. The van der Waals surface area contributed by atoms with Crippen molar-refractivity contribution < 1.29 is 28.6 Å². The highest BCUT2D eigenvalue weighted by Gasteiger charge is 2.58. The van der Waals surface area contributed by atoms with E-state index in [4.69, 9.17) is 14.6 Å². The number of carbonyl (C=O) groups excluding carboxylic acids is 1. The van der Waals surface area contributed by atoms with Gasteiger partial charge in [0.2, 0.25) is 0 Å². The molecular weight excluding hydrogens is 479 g/mol. The van der Waals surface area contributed by atoms with Gasteiger partial charge in [-0.05, 0) is 68.1 Å². The van der Waals surface area contributed by atoms with Crippen LogP contribution in [0.25, 0.3) is 10.9 Å². The molecule has 1 spiro atoms. The van der Waals surface area contributed by atoms with Crippen molar-refractivity contribution in [2.75, 3.05) is 32.1 Å². The van der Waals surface area contributed by atoms with E-state index in [1.54, 1.807) is 7.11 Å². The van der Waals surface area contributed by atoms with Gasteiger partial charge in [0.15, 0.2) is 5.69 Å². The highest BCUT2D eigenvalue weighted by molar-refractivity contribution is 5.88. The van der Waals surface area contributed by atoms with Crippen molar-refractivity contribution in [1.29, 1.82) is 0 Å². The van der Waals surface area contributed by atoms with Gasteiger partial charge in [0.25, 0.3) is 5.85 Å². The number of carbonyl (C=O) groups is 2. The molecule has 0 radical (unpaired) electrons. The van der Waals surface area contributed by atoms with E-state index in [1.807, 2.05) is 6.20 Å². The van der Waals surface area contributed by atoms with Gasteiger partial charge in [-0.2, -0.15) is 4.39 Å². The molecule has 5 rings (SSSR count). The van der Waals surface area contributed by atoms with Gasteiger partial charge in [-0.3, -0.25) is 9.69 Å². The molecule has 3 aromatic rings. The first-order valence-electron chi connectivity index (χ1n) is 12.4. The van der Waals surface area contributed by atoms with E-state index in [1.165, 1.54) is 18.2 Å². The lowest BCUT2D eigenvalue weighted by atomic mass is 9.60. The molecule has 9 nitrogen and oxygen atoms in total. The Labute approximate surface area is 214 Å². The predicted octanol–water partition coefficient (Wildman–Crippen LogP) is 4.28. The molecule has 196 valence electrons. The molecule has 0 bridgehead atoms. The number of anilines is 1. The maximum absolute atomic E-state index is 15.2. The van der Waals surface area contributed by atoms with Crippen LogP contribution in [0, 0.1) is 12.3 Å². The number of aromatic amines is 1. The summed E-state index contributed by atoms with van der Waals surface area (Å²) in [5.74, 6) is -2.78. The molecule has 37 heavy (non-hydrogen) atoms. The van der Waals surface area contributed by atoms with Crippen molar-refractivity contribution >= 4 is 28.7 Å². The standard InChI is InChI=1S/C27H31FN4O5/c1-17-12-21(36-2)19(18-6-9-29-24(17)18)14-32-10-7-26(8-11-32)15-27(28,16-26)37-23(33)13-30-22-5-3-4-20(31-22)25(34)35/h3-6,9,12,29H,7-8,10-11,13-16H2,1-2H3,(H,30,31)(H,34,35). The lowest BCUT2D eigenvalue weighted by Gasteiger charge is -2.54. The van der Waals surface area contributed by atoms with Crippen LogP contribution in [-0.2, 0) is 16.1 Å². The number of alkyl halides is 1. The number of fused-ring (bicyclic) bond motifs is 1. The smallest absolute Gasteiger partial charge is 0.354 e. The summed E-state index contributed by atoms with van der Waals surface area (Å²) in [7, 11) is 1.69. The van der Waals surface area contributed by atoms with Crippen LogP contribution >= 0.6 is 0 Å². The summed E-state index contributed by atoms with van der Waals surface area (Å²) in [4.78, 5) is 32.8. The van der Waals surface area contributed by atoms with Crippen LogP contribution in [0.15, 0.2) is 36.5 Å². The number of aromatic nitrogens is 2. The molecule has 1 aromatic carbocycles. The Hall–Kier alpha value is -3.66. The fourth-order valence-corrected chi connectivity index (χ4v) is 5.74. The third kappa shape index (κ3) is 5.11. The number of hydrogen-bond acceptors (Lipinski definition) is 7. The lowest BCUT2D eigenvalue weighted by molar-refractivity contribution is -0.247. The second-order valence-corrected chi connectivity index (χ2v) is 10.2. The Kier molecular flexibility index (Phi) is 6.53. The number of halogens is 1. The number of nitrogens with zero attached hydrogens (tertiary/aromatic N) is 2. The van der Waals surface area contributed by atoms with Crippen molar-refractivity contribution in [3.8, 4) is 5.75 Å². The Morgan fingerprint density at radius 2 is 2.00 bits per heavy atom. The summed E-state index contributed by atoms with van der Waals surface area (Å²) in [6.45, 7) is 4.19. The SMILES string of the molecule is COc1cc(C)c2[nH]ccc2c1CN1CCC2(CC1)CC(F)(OC(=O)CNc1cccc(C(=O)O)n1)C2. The molecule has 1 saturated carbocycles. The average Bonchev–Trinajstić information content (AvgIpc) is 3.35. The Morgan fingerprint density at radius 3 is 2.70 bits per heavy atom. The number of aryl methyl sites for hydroxylation is 1. The Balaban J connectivity index is 1.12. The number of ether oxygens (including phenoxy) is 2. The minimum Gasteiger partial charge on any atom is -0.496 e. The van der Waals surface area contributed by atoms with Gasteiger partial charge in [-0.25, -0.2) is 9.78 Å². The summed E-state index contributed by atoms with van der Waals surface area (Å²) < 4.78 is 26.0. The second kappa shape index (κ2) is 9.66. The zero-order valence-corrected chi connectivity index (χ0v) is 21.0. The molecule has 3 heterocycles. The average molecular weight is 511 g/mol. The molecular formula is C27H31FN4O5. The van der Waals surface area contributed by atoms with Gasteiger partial charge in [0.1, 0.15) is 18.1 Å². The van der Waals surface area contributed by atoms with E-state index in [2.05, 4.69) is 39.2 Å². The molecule has 10 heteroatoms. The molecule has 3 N–H and O–H groups in total. The summed E-state index contributed by atoms with van der Waals surface area (Å²) in [5.41, 5.74) is 3.11. The van der Waals surface area contributed by atoms with Crippen molar-refractivity contribution in [3.05, 3.63) is 53.3 Å². The van der Waals surface area contributed by atoms with Crippen molar-refractivity contribution in [2.45, 2.75) is 45.0 Å². The van der Waals surface area contributed by atoms with E-state index in [0.717, 1.165) is 60.3 Å². The van der Waals surface area contributed by atoms with Crippen LogP contribution in [0.4, 0.5) is 10.2 Å². The van der Waals surface area contributed by atoms with Gasteiger partial charge in [0, 0.05) is 42.0 Å². The van der Waals surface area contributed by atoms with Crippen LogP contribution in [0.1, 0.15) is 47.3 Å².